The lowest BCUT2D eigenvalue weighted by molar-refractivity contribution is 0.0571. The van der Waals surface area contributed by atoms with Crippen molar-refractivity contribution >= 4 is 39.1 Å². The van der Waals surface area contributed by atoms with Gasteiger partial charge in [-0.25, -0.2) is 23.5 Å². The predicted octanol–water partition coefficient (Wildman–Crippen LogP) is 4.80. The van der Waals surface area contributed by atoms with Gasteiger partial charge in [-0.15, -0.1) is 15.7 Å². The van der Waals surface area contributed by atoms with Crippen LogP contribution in [-0.4, -0.2) is 37.0 Å². The summed E-state index contributed by atoms with van der Waals surface area (Å²) in [4.78, 5) is 34.8. The van der Waals surface area contributed by atoms with Crippen LogP contribution < -0.4 is 10.0 Å². The number of carbonyl (C=O) groups is 2. The van der Waals surface area contributed by atoms with Gasteiger partial charge in [-0.3, -0.25) is 4.98 Å². The van der Waals surface area contributed by atoms with E-state index in [1.807, 2.05) is 0 Å². The molecule has 0 aromatic carbocycles. The van der Waals surface area contributed by atoms with Gasteiger partial charge >= 0.3 is 12.1 Å². The molecular formula is C24H33N5O5S2. The minimum absolute atomic E-state index is 0.0273. The third-order valence-corrected chi connectivity index (χ3v) is 9.55. The van der Waals surface area contributed by atoms with E-state index in [2.05, 4.69) is 26.3 Å². The highest BCUT2D eigenvalue weighted by Gasteiger charge is 2.31. The minimum Gasteiger partial charge on any atom is -0.443 e. The fraction of sp³-hybridized carbons (Fsp3) is 0.583. The number of nitrogens with one attached hydrogen (secondary N) is 2. The number of amides is 3. The number of pyridine rings is 1. The highest BCUT2D eigenvalue weighted by atomic mass is 32.2. The zero-order chi connectivity index (χ0) is 26.5. The first-order valence-corrected chi connectivity index (χ1v) is 14.3. The normalized spacial score (nSPS) is 18.7. The Hall–Kier alpha value is -2.57. The minimum atomic E-state index is -3.82. The summed E-state index contributed by atoms with van der Waals surface area (Å²) in [5.74, 6) is 0.300. The molecule has 36 heavy (non-hydrogen) atoms. The van der Waals surface area contributed by atoms with Crippen molar-refractivity contribution in [1.29, 1.82) is 0 Å². The van der Waals surface area contributed by atoms with Crippen molar-refractivity contribution in [3.8, 4) is 0 Å². The lowest BCUT2D eigenvalue weighted by atomic mass is 10.0. The van der Waals surface area contributed by atoms with E-state index in [4.69, 9.17) is 9.72 Å². The zero-order valence-corrected chi connectivity index (χ0v) is 23.1. The fourth-order valence-corrected chi connectivity index (χ4v) is 6.95. The van der Waals surface area contributed by atoms with Crippen molar-refractivity contribution in [3.63, 3.8) is 0 Å². The molecule has 196 valence electrons. The number of hydrogen-bond donors (Lipinski definition) is 3. The smallest absolute Gasteiger partial charge is 0.420 e. The second-order valence-corrected chi connectivity index (χ2v) is 13.9. The molecule has 2 aliphatic rings. The third kappa shape index (κ3) is 5.55. The summed E-state index contributed by atoms with van der Waals surface area (Å²) >= 11 is 0.905. The summed E-state index contributed by atoms with van der Waals surface area (Å²) in [5, 5.41) is 13.4. The Morgan fingerprint density at radius 2 is 1.92 bits per heavy atom. The predicted molar refractivity (Wildman–Crippen MR) is 138 cm³/mol. The number of aromatic nitrogens is 2. The quantitative estimate of drug-likeness (QED) is 0.510. The first-order valence-electron chi connectivity index (χ1n) is 12.0. The number of aryl methyl sites for hydroxylation is 1. The number of aliphatic hydroxyl groups is 1. The van der Waals surface area contributed by atoms with Gasteiger partial charge in [0.2, 0.25) is 0 Å². The molecule has 0 bridgehead atoms. The van der Waals surface area contributed by atoms with Gasteiger partial charge in [-0.1, -0.05) is 6.92 Å². The molecule has 0 fully saturated rings. The van der Waals surface area contributed by atoms with Crippen molar-refractivity contribution in [1.82, 2.24) is 14.7 Å². The highest BCUT2D eigenvalue weighted by molar-refractivity contribution is 7.94. The first-order chi connectivity index (χ1) is 16.7. The summed E-state index contributed by atoms with van der Waals surface area (Å²) in [6, 6.07) is -0.851. The van der Waals surface area contributed by atoms with E-state index >= 15 is 0 Å². The summed E-state index contributed by atoms with van der Waals surface area (Å²) in [5.41, 5.74) is 2.53. The number of thiazole rings is 1. The highest BCUT2D eigenvalue weighted by Crippen LogP contribution is 2.41. The molecule has 2 atom stereocenters. The summed E-state index contributed by atoms with van der Waals surface area (Å²) < 4.78 is 25.5. The molecule has 2 heterocycles. The second-order valence-electron chi connectivity index (χ2n) is 10.8. The van der Waals surface area contributed by atoms with Crippen LogP contribution in [0.2, 0.25) is 0 Å². The Kier molecular flexibility index (Phi) is 6.91. The number of carbonyl (C=O) groups excluding carboxylic acids is 2. The molecule has 0 saturated carbocycles. The van der Waals surface area contributed by atoms with E-state index in [9.17, 15) is 18.9 Å². The molecule has 10 nitrogen and oxygen atoms in total. The molecule has 2 aliphatic carbocycles. The van der Waals surface area contributed by atoms with Crippen LogP contribution in [0.5, 0.6) is 0 Å². The molecule has 2 aromatic heterocycles. The molecule has 0 aliphatic heterocycles. The summed E-state index contributed by atoms with van der Waals surface area (Å²) in [6.07, 6.45) is 4.61. The van der Waals surface area contributed by atoms with E-state index in [0.29, 0.717) is 11.6 Å². The molecule has 4 rings (SSSR count). The summed E-state index contributed by atoms with van der Waals surface area (Å²) in [6.45, 7) is 10.2. The van der Waals surface area contributed by atoms with Gasteiger partial charge in [0, 0.05) is 11.4 Å². The van der Waals surface area contributed by atoms with Crippen LogP contribution in [-0.2, 0) is 39.5 Å². The lowest BCUT2D eigenvalue weighted by Gasteiger charge is -2.20. The summed E-state index contributed by atoms with van der Waals surface area (Å²) in [7, 11) is -3.82. The SMILES string of the molecule is CC1CCc2c1nc1c(c2NC(=O)N=S(=O)(NC(=O)OC(C)(C)C)c2cnc(C(C)(C)O)s2)CCC1. The Morgan fingerprint density at radius 3 is 2.56 bits per heavy atom. The van der Waals surface area contributed by atoms with Crippen LogP contribution in [0.1, 0.15) is 87.8 Å². The fourth-order valence-electron chi connectivity index (χ4n) is 4.40. The second kappa shape index (κ2) is 9.38. The third-order valence-electron chi connectivity index (χ3n) is 6.00. The van der Waals surface area contributed by atoms with Gasteiger partial charge in [0.05, 0.1) is 11.9 Å². The van der Waals surface area contributed by atoms with Gasteiger partial charge in [0.15, 0.2) is 9.92 Å². The molecule has 0 radical (unpaired) electrons. The monoisotopic (exact) mass is 535 g/mol. The Balaban J connectivity index is 1.73. The van der Waals surface area contributed by atoms with E-state index in [1.165, 1.54) is 20.0 Å². The van der Waals surface area contributed by atoms with Gasteiger partial charge in [0.1, 0.15) is 20.4 Å². The van der Waals surface area contributed by atoms with Crippen molar-refractivity contribution < 1.29 is 23.6 Å². The van der Waals surface area contributed by atoms with Crippen molar-refractivity contribution in [2.75, 3.05) is 5.32 Å². The first kappa shape index (κ1) is 26.5. The molecule has 0 spiro atoms. The van der Waals surface area contributed by atoms with Crippen LogP contribution in [0.4, 0.5) is 15.3 Å². The van der Waals surface area contributed by atoms with Gasteiger partial charge in [0.25, 0.3) is 0 Å². The number of fused-ring (bicyclic) bond motifs is 2. The molecule has 3 amide bonds. The molecule has 2 aromatic rings. The van der Waals surface area contributed by atoms with E-state index in [0.717, 1.165) is 66.0 Å². The number of rotatable bonds is 4. The van der Waals surface area contributed by atoms with Crippen molar-refractivity contribution in [2.45, 2.75) is 95.0 Å². The van der Waals surface area contributed by atoms with Crippen LogP contribution in [0.25, 0.3) is 0 Å². The van der Waals surface area contributed by atoms with Crippen molar-refractivity contribution in [2.24, 2.45) is 4.36 Å². The molecule has 2 unspecified atom stereocenters. The van der Waals surface area contributed by atoms with E-state index < -0.39 is 33.2 Å². The van der Waals surface area contributed by atoms with Crippen LogP contribution >= 0.6 is 11.3 Å². The molecule has 12 heteroatoms. The maximum absolute atomic E-state index is 14.0. The standard InChI is InChI=1S/C24H33N5O5S2/c1-13-10-11-15-18(13)26-16-9-7-8-14(16)19(15)27-21(30)28-36(33,29-22(31)34-23(2,3)4)17-12-25-20(35-17)24(5,6)32/h12-13,32H,7-11H2,1-6H3,(H2,26,27,28,29,30,31,33). The number of hydrogen-bond acceptors (Lipinski definition) is 8. The largest absolute Gasteiger partial charge is 0.443 e. The lowest BCUT2D eigenvalue weighted by Crippen LogP contribution is -2.36. The molecular weight excluding hydrogens is 502 g/mol. The average Bonchev–Trinajstić information content (AvgIpc) is 3.46. The average molecular weight is 536 g/mol. The van der Waals surface area contributed by atoms with Crippen molar-refractivity contribution in [3.05, 3.63) is 33.7 Å². The maximum Gasteiger partial charge on any atom is 0.420 e. The zero-order valence-electron chi connectivity index (χ0n) is 21.4. The van der Waals surface area contributed by atoms with Crippen LogP contribution in [0.15, 0.2) is 14.8 Å². The van der Waals surface area contributed by atoms with Crippen LogP contribution in [0, 0.1) is 0 Å². The number of nitrogens with zero attached hydrogens (tertiary/aromatic N) is 3. The number of ether oxygens (including phenoxy) is 1. The molecule has 3 N–H and O–H groups in total. The maximum atomic E-state index is 14.0. The van der Waals surface area contributed by atoms with E-state index in [1.54, 1.807) is 20.8 Å². The number of anilines is 1. The Morgan fingerprint density at radius 1 is 1.19 bits per heavy atom. The van der Waals surface area contributed by atoms with E-state index in [-0.39, 0.29) is 9.22 Å². The van der Waals surface area contributed by atoms with Gasteiger partial charge in [-0.05, 0) is 83.8 Å². The number of urea groups is 1. The topological polar surface area (TPSA) is 143 Å². The Bertz CT molecular complexity index is 1330. The van der Waals surface area contributed by atoms with Gasteiger partial charge in [-0.2, -0.15) is 0 Å². The van der Waals surface area contributed by atoms with Gasteiger partial charge < -0.3 is 15.2 Å². The van der Waals surface area contributed by atoms with Crippen LogP contribution in [0.3, 0.4) is 0 Å². The Labute approximate surface area is 215 Å². The molecule has 0 saturated heterocycles.